The molecule has 0 aliphatic carbocycles. The van der Waals surface area contributed by atoms with Crippen LogP contribution >= 0.6 is 0 Å². The first-order chi connectivity index (χ1) is 9.43. The number of hydrogen-bond donors (Lipinski definition) is 3. The second kappa shape index (κ2) is 7.49. The molecule has 20 heavy (non-hydrogen) atoms. The first-order valence-electron chi connectivity index (χ1n) is 6.58. The van der Waals surface area contributed by atoms with E-state index in [1.54, 1.807) is 13.1 Å². The fourth-order valence-corrected chi connectivity index (χ4v) is 1.54. The molecule has 0 aliphatic heterocycles. The van der Waals surface area contributed by atoms with Crippen molar-refractivity contribution in [3.05, 3.63) is 29.8 Å². The normalized spacial score (nSPS) is 11.6. The number of hydrogen-bond acceptors (Lipinski definition) is 3. The van der Waals surface area contributed by atoms with Crippen LogP contribution in [0, 0.1) is 0 Å². The molecule has 0 heterocycles. The Morgan fingerprint density at radius 3 is 2.70 bits per heavy atom. The molecule has 4 N–H and O–H groups in total. The number of rotatable bonds is 5. The third-order valence-corrected chi connectivity index (χ3v) is 2.97. The first kappa shape index (κ1) is 16.0. The number of urea groups is 1. The Labute approximate surface area is 119 Å². The number of nitrogens with one attached hydrogen (secondary N) is 2. The lowest BCUT2D eigenvalue weighted by atomic mass is 10.1. The van der Waals surface area contributed by atoms with Gasteiger partial charge in [0, 0.05) is 25.3 Å². The monoisotopic (exact) mass is 278 g/mol. The topological polar surface area (TPSA) is 87.5 Å². The predicted octanol–water partition coefficient (Wildman–Crippen LogP) is 1.31. The average Bonchev–Trinajstić information content (AvgIpc) is 2.44. The highest BCUT2D eigenvalue weighted by Gasteiger charge is 2.09. The zero-order valence-corrected chi connectivity index (χ0v) is 12.1. The van der Waals surface area contributed by atoms with Crippen molar-refractivity contribution in [3.63, 3.8) is 0 Å². The van der Waals surface area contributed by atoms with Crippen LogP contribution in [0.1, 0.15) is 25.5 Å². The predicted molar refractivity (Wildman–Crippen MR) is 79.4 cm³/mol. The summed E-state index contributed by atoms with van der Waals surface area (Å²) in [6.45, 7) is 4.33. The van der Waals surface area contributed by atoms with Crippen molar-refractivity contribution in [2.75, 3.05) is 25.5 Å². The van der Waals surface area contributed by atoms with Gasteiger partial charge < -0.3 is 21.3 Å². The van der Waals surface area contributed by atoms with Crippen LogP contribution in [0.2, 0.25) is 0 Å². The summed E-state index contributed by atoms with van der Waals surface area (Å²) < 4.78 is 0. The molecule has 0 fully saturated rings. The van der Waals surface area contributed by atoms with Gasteiger partial charge in [0.25, 0.3) is 0 Å². The summed E-state index contributed by atoms with van der Waals surface area (Å²) in [5.41, 5.74) is 7.36. The molecule has 110 valence electrons. The van der Waals surface area contributed by atoms with Gasteiger partial charge >= 0.3 is 6.03 Å². The van der Waals surface area contributed by atoms with Gasteiger partial charge in [0.1, 0.15) is 0 Å². The van der Waals surface area contributed by atoms with Gasteiger partial charge in [0.15, 0.2) is 0 Å². The van der Waals surface area contributed by atoms with Gasteiger partial charge in [0.05, 0.1) is 6.54 Å². The summed E-state index contributed by atoms with van der Waals surface area (Å²) in [7, 11) is 1.69. The van der Waals surface area contributed by atoms with E-state index in [0.29, 0.717) is 12.2 Å². The molecule has 1 unspecified atom stereocenters. The highest BCUT2D eigenvalue weighted by atomic mass is 16.2. The van der Waals surface area contributed by atoms with Crippen molar-refractivity contribution in [2.24, 2.45) is 5.73 Å². The molecule has 1 aromatic rings. The molecular formula is C14H22N4O2. The van der Waals surface area contributed by atoms with Gasteiger partial charge in [-0.05, 0) is 31.5 Å². The molecule has 1 atom stereocenters. The van der Waals surface area contributed by atoms with Gasteiger partial charge in [-0.15, -0.1) is 0 Å². The number of amides is 3. The van der Waals surface area contributed by atoms with Crippen LogP contribution in [-0.4, -0.2) is 37.0 Å². The van der Waals surface area contributed by atoms with Gasteiger partial charge in [-0.2, -0.15) is 0 Å². The van der Waals surface area contributed by atoms with E-state index in [1.165, 1.54) is 4.90 Å². The SMILES string of the molecule is CCN(C)C(=O)CNC(=O)Nc1cccc(C(C)N)c1. The Morgan fingerprint density at radius 1 is 1.40 bits per heavy atom. The van der Waals surface area contributed by atoms with Crippen LogP contribution in [-0.2, 0) is 4.79 Å². The average molecular weight is 278 g/mol. The molecule has 0 saturated carbocycles. The van der Waals surface area contributed by atoms with E-state index in [9.17, 15) is 9.59 Å². The van der Waals surface area contributed by atoms with Gasteiger partial charge in [-0.1, -0.05) is 12.1 Å². The molecule has 0 aliphatic rings. The maximum absolute atomic E-state index is 11.7. The molecule has 0 saturated heterocycles. The number of benzene rings is 1. The Kier molecular flexibility index (Phi) is 5.99. The third-order valence-electron chi connectivity index (χ3n) is 2.97. The van der Waals surface area contributed by atoms with Crippen LogP contribution in [0.25, 0.3) is 0 Å². The van der Waals surface area contributed by atoms with E-state index >= 15 is 0 Å². The summed E-state index contributed by atoms with van der Waals surface area (Å²) in [6, 6.07) is 6.79. The quantitative estimate of drug-likeness (QED) is 0.758. The number of nitrogens with two attached hydrogens (primary N) is 1. The molecule has 0 spiro atoms. The number of carbonyl (C=O) groups is 2. The zero-order valence-electron chi connectivity index (χ0n) is 12.1. The van der Waals surface area contributed by atoms with Crippen molar-refractivity contribution < 1.29 is 9.59 Å². The van der Waals surface area contributed by atoms with Gasteiger partial charge in [-0.25, -0.2) is 4.79 Å². The Balaban J connectivity index is 2.50. The lowest BCUT2D eigenvalue weighted by Crippen LogP contribution is -2.39. The molecule has 0 aromatic heterocycles. The minimum absolute atomic E-state index is 0.0246. The maximum Gasteiger partial charge on any atom is 0.319 e. The number of likely N-dealkylation sites (N-methyl/N-ethyl adjacent to an activating group) is 1. The number of nitrogens with zero attached hydrogens (tertiary/aromatic N) is 1. The van der Waals surface area contributed by atoms with Crippen LogP contribution < -0.4 is 16.4 Å². The third kappa shape index (κ3) is 4.89. The van der Waals surface area contributed by atoms with Crippen LogP contribution in [0.4, 0.5) is 10.5 Å². The summed E-state index contributed by atoms with van der Waals surface area (Å²) in [5, 5.41) is 5.20. The smallest absolute Gasteiger partial charge is 0.319 e. The van der Waals surface area contributed by atoms with E-state index in [4.69, 9.17) is 5.73 Å². The Morgan fingerprint density at radius 2 is 2.10 bits per heavy atom. The molecule has 3 amide bonds. The standard InChI is InChI=1S/C14H22N4O2/c1-4-18(3)13(19)9-16-14(20)17-12-7-5-6-11(8-12)10(2)15/h5-8,10H,4,9,15H2,1-3H3,(H2,16,17,20). The fraction of sp³-hybridized carbons (Fsp3) is 0.429. The highest BCUT2D eigenvalue weighted by Crippen LogP contribution is 2.15. The second-order valence-electron chi connectivity index (χ2n) is 4.63. The van der Waals surface area contributed by atoms with E-state index < -0.39 is 6.03 Å². The Bertz CT molecular complexity index is 474. The lowest BCUT2D eigenvalue weighted by Gasteiger charge is -2.15. The van der Waals surface area contributed by atoms with Crippen LogP contribution in [0.3, 0.4) is 0 Å². The second-order valence-corrected chi connectivity index (χ2v) is 4.63. The maximum atomic E-state index is 11.7. The molecule has 0 bridgehead atoms. The molecule has 0 radical (unpaired) electrons. The van der Waals surface area contributed by atoms with Crippen molar-refractivity contribution >= 4 is 17.6 Å². The zero-order chi connectivity index (χ0) is 15.1. The number of carbonyl (C=O) groups excluding carboxylic acids is 2. The molecule has 1 rings (SSSR count). The van der Waals surface area contributed by atoms with Gasteiger partial charge in [0.2, 0.25) is 5.91 Å². The fourth-order valence-electron chi connectivity index (χ4n) is 1.54. The molecule has 6 heteroatoms. The molecule has 6 nitrogen and oxygen atoms in total. The summed E-state index contributed by atoms with van der Waals surface area (Å²) >= 11 is 0. The largest absolute Gasteiger partial charge is 0.345 e. The van der Waals surface area contributed by atoms with E-state index in [0.717, 1.165) is 5.56 Å². The van der Waals surface area contributed by atoms with Crippen molar-refractivity contribution in [3.8, 4) is 0 Å². The summed E-state index contributed by atoms with van der Waals surface area (Å²) in [5.74, 6) is -0.132. The Hall–Kier alpha value is -2.08. The van der Waals surface area contributed by atoms with E-state index in [-0.39, 0.29) is 18.5 Å². The minimum Gasteiger partial charge on any atom is -0.345 e. The van der Waals surface area contributed by atoms with Crippen molar-refractivity contribution in [1.29, 1.82) is 0 Å². The van der Waals surface area contributed by atoms with E-state index in [1.807, 2.05) is 32.0 Å². The summed E-state index contributed by atoms with van der Waals surface area (Å²) in [4.78, 5) is 24.8. The minimum atomic E-state index is -0.412. The molecule has 1 aromatic carbocycles. The van der Waals surface area contributed by atoms with Crippen LogP contribution in [0.15, 0.2) is 24.3 Å². The van der Waals surface area contributed by atoms with Crippen molar-refractivity contribution in [1.82, 2.24) is 10.2 Å². The van der Waals surface area contributed by atoms with E-state index in [2.05, 4.69) is 10.6 Å². The van der Waals surface area contributed by atoms with Gasteiger partial charge in [-0.3, -0.25) is 4.79 Å². The number of anilines is 1. The lowest BCUT2D eigenvalue weighted by molar-refractivity contribution is -0.128. The highest BCUT2D eigenvalue weighted by molar-refractivity contribution is 5.92. The first-order valence-corrected chi connectivity index (χ1v) is 6.58. The summed E-state index contributed by atoms with van der Waals surface area (Å²) in [6.07, 6.45) is 0. The van der Waals surface area contributed by atoms with Crippen molar-refractivity contribution in [2.45, 2.75) is 19.9 Å². The van der Waals surface area contributed by atoms with Crippen LogP contribution in [0.5, 0.6) is 0 Å². The molecular weight excluding hydrogens is 256 g/mol.